The summed E-state index contributed by atoms with van der Waals surface area (Å²) in [6, 6.07) is -0.0750. The van der Waals surface area contributed by atoms with Gasteiger partial charge in [0.1, 0.15) is 0 Å². The Kier molecular flexibility index (Phi) is 5.01. The minimum absolute atomic E-state index is 0.00264. The summed E-state index contributed by atoms with van der Waals surface area (Å²) in [5.41, 5.74) is -0.437. The molecule has 0 bridgehead atoms. The maximum absolute atomic E-state index is 12.3. The lowest BCUT2D eigenvalue weighted by Gasteiger charge is -2.35. The van der Waals surface area contributed by atoms with E-state index >= 15 is 0 Å². The summed E-state index contributed by atoms with van der Waals surface area (Å²) in [7, 11) is -3.16. The summed E-state index contributed by atoms with van der Waals surface area (Å²) in [6.07, 6.45) is 2.85. The Balaban J connectivity index is 2.66. The minimum Gasteiger partial charge on any atom is -0.352 e. The van der Waals surface area contributed by atoms with Crippen LogP contribution in [0.1, 0.15) is 40.5 Å². The lowest BCUT2D eigenvalue weighted by molar-refractivity contribution is -0.132. The number of sulfonamides is 1. The van der Waals surface area contributed by atoms with E-state index in [1.165, 1.54) is 10.6 Å². The highest BCUT2D eigenvalue weighted by molar-refractivity contribution is 7.88. The van der Waals surface area contributed by atoms with E-state index in [0.717, 1.165) is 12.8 Å². The first-order valence-electron chi connectivity index (χ1n) is 6.81. The molecular weight excluding hydrogens is 264 g/mol. The fourth-order valence-electron chi connectivity index (χ4n) is 2.00. The summed E-state index contributed by atoms with van der Waals surface area (Å²) >= 11 is 0. The predicted octanol–water partition coefficient (Wildman–Crippen LogP) is 1.21. The number of nitrogens with one attached hydrogen (secondary N) is 1. The van der Waals surface area contributed by atoms with Crippen LogP contribution < -0.4 is 5.32 Å². The van der Waals surface area contributed by atoms with Gasteiger partial charge in [-0.05, 0) is 18.8 Å². The number of piperidine rings is 1. The molecule has 0 spiro atoms. The van der Waals surface area contributed by atoms with Crippen molar-refractivity contribution in [1.82, 2.24) is 9.62 Å². The van der Waals surface area contributed by atoms with E-state index in [2.05, 4.69) is 5.32 Å². The summed E-state index contributed by atoms with van der Waals surface area (Å²) in [5, 5.41) is 3.00. The molecule has 0 radical (unpaired) electrons. The average Bonchev–Trinajstić information content (AvgIpc) is 2.27. The van der Waals surface area contributed by atoms with Crippen LogP contribution in [0, 0.1) is 11.3 Å². The van der Waals surface area contributed by atoms with Crippen molar-refractivity contribution in [2.45, 2.75) is 46.6 Å². The van der Waals surface area contributed by atoms with Gasteiger partial charge in [-0.3, -0.25) is 4.79 Å². The molecule has 1 heterocycles. The third-order valence-corrected chi connectivity index (χ3v) is 5.49. The first-order chi connectivity index (χ1) is 8.55. The molecule has 6 heteroatoms. The second kappa shape index (κ2) is 5.79. The van der Waals surface area contributed by atoms with Crippen LogP contribution in [0.5, 0.6) is 0 Å². The number of amides is 1. The molecule has 1 saturated heterocycles. The Morgan fingerprint density at radius 1 is 1.37 bits per heavy atom. The zero-order valence-electron chi connectivity index (χ0n) is 12.6. The van der Waals surface area contributed by atoms with Crippen LogP contribution >= 0.6 is 0 Å². The SMILES string of the molecule is CC(C)C(C)(C)C(=O)NC1CCCN(S(C)(=O)=O)C1. The molecule has 1 amide bonds. The zero-order chi connectivity index (χ0) is 14.8. The van der Waals surface area contributed by atoms with E-state index in [9.17, 15) is 13.2 Å². The minimum atomic E-state index is -3.16. The molecule has 112 valence electrons. The van der Waals surface area contributed by atoms with Gasteiger partial charge in [-0.15, -0.1) is 0 Å². The predicted molar refractivity (Wildman–Crippen MR) is 76.2 cm³/mol. The topological polar surface area (TPSA) is 66.5 Å². The van der Waals surface area contributed by atoms with E-state index in [1.807, 2.05) is 27.7 Å². The third kappa shape index (κ3) is 4.18. The number of carbonyl (C=O) groups excluding carboxylic acids is 1. The van der Waals surface area contributed by atoms with Crippen LogP contribution in [0.4, 0.5) is 0 Å². The Morgan fingerprint density at radius 2 is 1.95 bits per heavy atom. The van der Waals surface area contributed by atoms with Crippen molar-refractivity contribution in [2.24, 2.45) is 11.3 Å². The Labute approximate surface area is 116 Å². The van der Waals surface area contributed by atoms with Gasteiger partial charge in [0.05, 0.1) is 6.26 Å². The van der Waals surface area contributed by atoms with Crippen molar-refractivity contribution in [3.63, 3.8) is 0 Å². The summed E-state index contributed by atoms with van der Waals surface area (Å²) in [5.74, 6) is 0.241. The van der Waals surface area contributed by atoms with Gasteiger partial charge in [0.25, 0.3) is 0 Å². The van der Waals surface area contributed by atoms with E-state index in [4.69, 9.17) is 0 Å². The van der Waals surface area contributed by atoms with Crippen LogP contribution in [0.15, 0.2) is 0 Å². The summed E-state index contributed by atoms with van der Waals surface area (Å²) in [6.45, 7) is 8.82. The van der Waals surface area contributed by atoms with E-state index < -0.39 is 15.4 Å². The lowest BCUT2D eigenvalue weighted by atomic mass is 9.80. The second-order valence-electron chi connectivity index (χ2n) is 6.31. The van der Waals surface area contributed by atoms with Crippen LogP contribution in [0.25, 0.3) is 0 Å². The number of hydrogen-bond acceptors (Lipinski definition) is 3. The average molecular weight is 290 g/mol. The van der Waals surface area contributed by atoms with Crippen molar-refractivity contribution >= 4 is 15.9 Å². The molecule has 19 heavy (non-hydrogen) atoms. The molecule has 1 aliphatic heterocycles. The fraction of sp³-hybridized carbons (Fsp3) is 0.923. The summed E-state index contributed by atoms with van der Waals surface area (Å²) < 4.78 is 24.5. The van der Waals surface area contributed by atoms with Gasteiger partial charge in [0, 0.05) is 24.5 Å². The molecule has 0 aromatic rings. The van der Waals surface area contributed by atoms with Crippen LogP contribution in [-0.4, -0.2) is 44.0 Å². The quantitative estimate of drug-likeness (QED) is 0.846. The first-order valence-corrected chi connectivity index (χ1v) is 8.66. The van der Waals surface area contributed by atoms with Gasteiger partial charge < -0.3 is 5.32 Å². The van der Waals surface area contributed by atoms with Crippen molar-refractivity contribution in [3.05, 3.63) is 0 Å². The lowest BCUT2D eigenvalue weighted by Crippen LogP contribution is -2.52. The van der Waals surface area contributed by atoms with Crippen molar-refractivity contribution in [2.75, 3.05) is 19.3 Å². The van der Waals surface area contributed by atoms with Gasteiger partial charge in [0.15, 0.2) is 0 Å². The van der Waals surface area contributed by atoms with E-state index in [-0.39, 0.29) is 17.9 Å². The molecule has 1 unspecified atom stereocenters. The Hall–Kier alpha value is -0.620. The van der Waals surface area contributed by atoms with Crippen LogP contribution in [-0.2, 0) is 14.8 Å². The standard InChI is InChI=1S/C13H26N2O3S/c1-10(2)13(3,4)12(16)14-11-7-6-8-15(9-11)19(5,17)18/h10-11H,6-9H2,1-5H3,(H,14,16). The van der Waals surface area contributed by atoms with Crippen LogP contribution in [0.3, 0.4) is 0 Å². The molecule has 1 fully saturated rings. The normalized spacial score (nSPS) is 22.5. The molecule has 5 nitrogen and oxygen atoms in total. The molecule has 0 aromatic heterocycles. The summed E-state index contributed by atoms with van der Waals surface area (Å²) in [4.78, 5) is 12.3. The highest BCUT2D eigenvalue weighted by atomic mass is 32.2. The smallest absolute Gasteiger partial charge is 0.226 e. The number of carbonyl (C=O) groups is 1. The monoisotopic (exact) mass is 290 g/mol. The van der Waals surface area contributed by atoms with Crippen molar-refractivity contribution in [3.8, 4) is 0 Å². The molecule has 1 atom stereocenters. The molecule has 1 rings (SSSR count). The highest BCUT2D eigenvalue weighted by Crippen LogP contribution is 2.26. The van der Waals surface area contributed by atoms with Gasteiger partial charge in [-0.2, -0.15) is 0 Å². The molecular formula is C13H26N2O3S. The molecule has 0 aliphatic carbocycles. The number of nitrogens with zero attached hydrogens (tertiary/aromatic N) is 1. The zero-order valence-corrected chi connectivity index (χ0v) is 13.4. The number of rotatable bonds is 4. The molecule has 1 N–H and O–H groups in total. The number of hydrogen-bond donors (Lipinski definition) is 1. The van der Waals surface area contributed by atoms with Crippen LogP contribution in [0.2, 0.25) is 0 Å². The van der Waals surface area contributed by atoms with E-state index in [1.54, 1.807) is 0 Å². The fourth-order valence-corrected chi connectivity index (χ4v) is 2.91. The van der Waals surface area contributed by atoms with Gasteiger partial charge in [0.2, 0.25) is 15.9 Å². The van der Waals surface area contributed by atoms with Crippen molar-refractivity contribution in [1.29, 1.82) is 0 Å². The van der Waals surface area contributed by atoms with E-state index in [0.29, 0.717) is 13.1 Å². The Bertz CT molecular complexity index is 429. The third-order valence-electron chi connectivity index (χ3n) is 4.22. The molecule has 0 aromatic carbocycles. The maximum atomic E-state index is 12.3. The second-order valence-corrected chi connectivity index (χ2v) is 8.29. The maximum Gasteiger partial charge on any atom is 0.226 e. The largest absolute Gasteiger partial charge is 0.352 e. The van der Waals surface area contributed by atoms with Gasteiger partial charge in [-0.25, -0.2) is 12.7 Å². The van der Waals surface area contributed by atoms with Gasteiger partial charge >= 0.3 is 0 Å². The molecule has 0 saturated carbocycles. The first kappa shape index (κ1) is 16.4. The van der Waals surface area contributed by atoms with Gasteiger partial charge in [-0.1, -0.05) is 27.7 Å². The highest BCUT2D eigenvalue weighted by Gasteiger charge is 2.34. The van der Waals surface area contributed by atoms with Crippen molar-refractivity contribution < 1.29 is 13.2 Å². The molecule has 1 aliphatic rings. The Morgan fingerprint density at radius 3 is 2.42 bits per heavy atom.